The second kappa shape index (κ2) is 9.03. The number of carbonyl (C=O) groups is 3. The Bertz CT molecular complexity index is 918. The fourth-order valence-electron chi connectivity index (χ4n) is 2.21. The predicted octanol–water partition coefficient (Wildman–Crippen LogP) is 2.71. The number of amides is 2. The Balaban J connectivity index is 1.87. The standard InChI is InChI=1S/C19H17F3N2O4/c1-10-5-3-4-6-12(10)19(27)28-11(2)18(26)23-9-15(25)24-14-8-7-13(20)16(21)17(14)22/h3-8,11H,9H2,1-2H3,(H,23,26)(H,24,25). The zero-order chi connectivity index (χ0) is 20.8. The molecule has 0 aliphatic carbocycles. The first-order valence-corrected chi connectivity index (χ1v) is 8.18. The van der Waals surface area contributed by atoms with Crippen molar-refractivity contribution < 1.29 is 32.3 Å². The summed E-state index contributed by atoms with van der Waals surface area (Å²) in [5.41, 5.74) is 0.402. The number of hydrogen-bond acceptors (Lipinski definition) is 4. The second-order valence-corrected chi connectivity index (χ2v) is 5.85. The maximum atomic E-state index is 13.5. The molecule has 0 aliphatic rings. The smallest absolute Gasteiger partial charge is 0.339 e. The number of nitrogens with one attached hydrogen (secondary N) is 2. The van der Waals surface area contributed by atoms with E-state index in [2.05, 4.69) is 5.32 Å². The fourth-order valence-corrected chi connectivity index (χ4v) is 2.21. The van der Waals surface area contributed by atoms with Crippen LogP contribution in [0.2, 0.25) is 0 Å². The van der Waals surface area contributed by atoms with E-state index in [4.69, 9.17) is 4.74 Å². The van der Waals surface area contributed by atoms with Crippen LogP contribution in [0.15, 0.2) is 36.4 Å². The largest absolute Gasteiger partial charge is 0.449 e. The van der Waals surface area contributed by atoms with Gasteiger partial charge in [0, 0.05) is 0 Å². The monoisotopic (exact) mass is 394 g/mol. The fraction of sp³-hybridized carbons (Fsp3) is 0.211. The van der Waals surface area contributed by atoms with Crippen LogP contribution in [0.5, 0.6) is 0 Å². The topological polar surface area (TPSA) is 84.5 Å². The number of aryl methyl sites for hydroxylation is 1. The normalized spacial score (nSPS) is 11.5. The minimum atomic E-state index is -1.72. The van der Waals surface area contributed by atoms with Crippen molar-refractivity contribution in [1.29, 1.82) is 0 Å². The van der Waals surface area contributed by atoms with E-state index in [1.54, 1.807) is 31.2 Å². The maximum absolute atomic E-state index is 13.5. The van der Waals surface area contributed by atoms with E-state index in [1.807, 2.05) is 5.32 Å². The van der Waals surface area contributed by atoms with Crippen LogP contribution in [0.25, 0.3) is 0 Å². The highest BCUT2D eigenvalue weighted by molar-refractivity contribution is 5.96. The van der Waals surface area contributed by atoms with Crippen LogP contribution < -0.4 is 10.6 Å². The van der Waals surface area contributed by atoms with E-state index in [0.717, 1.165) is 6.07 Å². The Labute approximate surface area is 158 Å². The van der Waals surface area contributed by atoms with Gasteiger partial charge < -0.3 is 15.4 Å². The zero-order valence-electron chi connectivity index (χ0n) is 15.0. The Morgan fingerprint density at radius 2 is 1.71 bits per heavy atom. The van der Waals surface area contributed by atoms with E-state index in [1.165, 1.54) is 6.92 Å². The van der Waals surface area contributed by atoms with Gasteiger partial charge in [-0.1, -0.05) is 18.2 Å². The Hall–Kier alpha value is -3.36. The average Bonchev–Trinajstić information content (AvgIpc) is 2.66. The van der Waals surface area contributed by atoms with Gasteiger partial charge in [0.25, 0.3) is 5.91 Å². The zero-order valence-corrected chi connectivity index (χ0v) is 15.0. The molecule has 0 radical (unpaired) electrons. The lowest BCUT2D eigenvalue weighted by Gasteiger charge is -2.14. The van der Waals surface area contributed by atoms with Crippen molar-refractivity contribution in [3.05, 3.63) is 65.0 Å². The van der Waals surface area contributed by atoms with Gasteiger partial charge in [-0.2, -0.15) is 0 Å². The first-order valence-electron chi connectivity index (χ1n) is 8.18. The number of halogens is 3. The van der Waals surface area contributed by atoms with E-state index in [9.17, 15) is 27.6 Å². The van der Waals surface area contributed by atoms with Gasteiger partial charge in [0.15, 0.2) is 23.6 Å². The van der Waals surface area contributed by atoms with E-state index in [0.29, 0.717) is 17.2 Å². The summed E-state index contributed by atoms with van der Waals surface area (Å²) in [5.74, 6) is -7.01. The minimum absolute atomic E-state index is 0.300. The molecule has 6 nitrogen and oxygen atoms in total. The molecule has 0 aliphatic heterocycles. The summed E-state index contributed by atoms with van der Waals surface area (Å²) in [7, 11) is 0. The number of benzene rings is 2. The van der Waals surface area contributed by atoms with E-state index < -0.39 is 53.6 Å². The summed E-state index contributed by atoms with van der Waals surface area (Å²) in [6, 6.07) is 8.15. The third-order valence-corrected chi connectivity index (χ3v) is 3.75. The van der Waals surface area contributed by atoms with Crippen LogP contribution in [0, 0.1) is 24.4 Å². The number of esters is 1. The first-order chi connectivity index (χ1) is 13.2. The van der Waals surface area contributed by atoms with Crippen LogP contribution in [0.1, 0.15) is 22.8 Å². The molecule has 2 N–H and O–H groups in total. The molecular weight excluding hydrogens is 377 g/mol. The Kier molecular flexibility index (Phi) is 6.75. The van der Waals surface area contributed by atoms with Gasteiger partial charge in [0.05, 0.1) is 17.8 Å². The van der Waals surface area contributed by atoms with Crippen LogP contribution >= 0.6 is 0 Å². The number of anilines is 1. The molecule has 9 heteroatoms. The Morgan fingerprint density at radius 1 is 1.04 bits per heavy atom. The lowest BCUT2D eigenvalue weighted by atomic mass is 10.1. The summed E-state index contributed by atoms with van der Waals surface area (Å²) >= 11 is 0. The van der Waals surface area contributed by atoms with Gasteiger partial charge in [-0.05, 0) is 37.6 Å². The molecule has 0 saturated carbocycles. The first kappa shape index (κ1) is 20.9. The highest BCUT2D eigenvalue weighted by Gasteiger charge is 2.21. The quantitative estimate of drug-likeness (QED) is 0.583. The number of hydrogen-bond donors (Lipinski definition) is 2. The second-order valence-electron chi connectivity index (χ2n) is 5.85. The molecule has 0 fully saturated rings. The summed E-state index contributed by atoms with van der Waals surface area (Å²) in [4.78, 5) is 35.8. The van der Waals surface area contributed by atoms with E-state index in [-0.39, 0.29) is 0 Å². The molecule has 0 aromatic heterocycles. The van der Waals surface area contributed by atoms with Crippen LogP contribution in [0.4, 0.5) is 18.9 Å². The molecular formula is C19H17F3N2O4. The van der Waals surface area contributed by atoms with Gasteiger partial charge in [0.1, 0.15) is 0 Å². The number of rotatable bonds is 6. The summed E-state index contributed by atoms with van der Waals surface area (Å²) < 4.78 is 44.6. The lowest BCUT2D eigenvalue weighted by Crippen LogP contribution is -2.40. The van der Waals surface area contributed by atoms with Gasteiger partial charge >= 0.3 is 5.97 Å². The van der Waals surface area contributed by atoms with Gasteiger partial charge in [-0.3, -0.25) is 9.59 Å². The third-order valence-electron chi connectivity index (χ3n) is 3.75. The summed E-state index contributed by atoms with van der Waals surface area (Å²) in [6.45, 7) is 2.44. The molecule has 0 spiro atoms. The van der Waals surface area contributed by atoms with Crippen molar-refractivity contribution in [1.82, 2.24) is 5.32 Å². The van der Waals surface area contributed by atoms with Crippen LogP contribution in [-0.4, -0.2) is 30.4 Å². The number of carbonyl (C=O) groups excluding carboxylic acids is 3. The van der Waals surface area contributed by atoms with Crippen LogP contribution in [-0.2, 0) is 14.3 Å². The highest BCUT2D eigenvalue weighted by atomic mass is 19.2. The van der Waals surface area contributed by atoms with Crippen molar-refractivity contribution in [2.45, 2.75) is 20.0 Å². The molecule has 2 aromatic rings. The molecule has 0 saturated heterocycles. The van der Waals surface area contributed by atoms with Crippen molar-refractivity contribution in [3.8, 4) is 0 Å². The molecule has 0 heterocycles. The SMILES string of the molecule is Cc1ccccc1C(=O)OC(C)C(=O)NCC(=O)Nc1ccc(F)c(F)c1F. The van der Waals surface area contributed by atoms with Gasteiger partial charge in [0.2, 0.25) is 5.91 Å². The summed E-state index contributed by atoms with van der Waals surface area (Å²) in [5, 5.41) is 4.20. The van der Waals surface area contributed by atoms with Crippen LogP contribution in [0.3, 0.4) is 0 Å². The molecule has 1 atom stereocenters. The molecule has 1 unspecified atom stereocenters. The Morgan fingerprint density at radius 3 is 2.39 bits per heavy atom. The highest BCUT2D eigenvalue weighted by Crippen LogP contribution is 2.19. The third kappa shape index (κ3) is 5.09. The van der Waals surface area contributed by atoms with Crippen molar-refractivity contribution in [2.75, 3.05) is 11.9 Å². The minimum Gasteiger partial charge on any atom is -0.449 e. The molecule has 2 rings (SSSR count). The van der Waals surface area contributed by atoms with Crippen molar-refractivity contribution in [2.24, 2.45) is 0 Å². The molecule has 2 aromatic carbocycles. The average molecular weight is 394 g/mol. The molecule has 2 amide bonds. The van der Waals surface area contributed by atoms with E-state index >= 15 is 0 Å². The lowest BCUT2D eigenvalue weighted by molar-refractivity contribution is -0.130. The number of ether oxygens (including phenoxy) is 1. The van der Waals surface area contributed by atoms with Crippen molar-refractivity contribution >= 4 is 23.5 Å². The molecule has 0 bridgehead atoms. The summed E-state index contributed by atoms with van der Waals surface area (Å²) in [6.07, 6.45) is -1.19. The van der Waals surface area contributed by atoms with Crippen molar-refractivity contribution in [3.63, 3.8) is 0 Å². The maximum Gasteiger partial charge on any atom is 0.339 e. The van der Waals surface area contributed by atoms with Gasteiger partial charge in [-0.15, -0.1) is 0 Å². The van der Waals surface area contributed by atoms with Gasteiger partial charge in [-0.25, -0.2) is 18.0 Å². The molecule has 148 valence electrons. The molecule has 28 heavy (non-hydrogen) atoms. The predicted molar refractivity (Wildman–Crippen MR) is 94.0 cm³/mol.